The van der Waals surface area contributed by atoms with Crippen molar-refractivity contribution in [2.24, 2.45) is 0 Å². The fraction of sp³-hybridized carbons (Fsp3) is 0.158. The minimum atomic E-state index is -0.183. The molecule has 0 saturated heterocycles. The summed E-state index contributed by atoms with van der Waals surface area (Å²) in [5.74, 6) is 1.35. The molecule has 0 aliphatic rings. The molecule has 4 rings (SSSR count). The minimum absolute atomic E-state index is 0.183. The molecule has 0 bridgehead atoms. The number of hydrogen-bond donors (Lipinski definition) is 1. The fourth-order valence-corrected chi connectivity index (χ4v) is 2.76. The normalized spacial score (nSPS) is 11.0. The van der Waals surface area contributed by atoms with Gasteiger partial charge in [0.15, 0.2) is 5.65 Å². The molecular weight excluding hydrogens is 330 g/mol. The largest absolute Gasteiger partial charge is 0.465 e. The van der Waals surface area contributed by atoms with Gasteiger partial charge >= 0.3 is 0 Å². The van der Waals surface area contributed by atoms with Crippen LogP contribution in [0.3, 0.4) is 0 Å². The van der Waals surface area contributed by atoms with Crippen molar-refractivity contribution in [2.75, 3.05) is 0 Å². The highest BCUT2D eigenvalue weighted by atomic mass is 16.3. The van der Waals surface area contributed by atoms with Crippen LogP contribution in [0.15, 0.2) is 53.1 Å². The lowest BCUT2D eigenvalue weighted by Gasteiger charge is -2.09. The summed E-state index contributed by atoms with van der Waals surface area (Å²) in [5, 5.41) is 11.2. The number of aromatic nitrogens is 4. The summed E-state index contributed by atoms with van der Waals surface area (Å²) in [6.45, 7) is 4.16. The van der Waals surface area contributed by atoms with Gasteiger partial charge in [-0.15, -0.1) is 5.10 Å². The zero-order chi connectivity index (χ0) is 18.1. The summed E-state index contributed by atoms with van der Waals surface area (Å²) in [7, 11) is 0. The van der Waals surface area contributed by atoms with Gasteiger partial charge in [-0.05, 0) is 55.8 Å². The van der Waals surface area contributed by atoms with Crippen LogP contribution >= 0.6 is 0 Å². The van der Waals surface area contributed by atoms with Crippen molar-refractivity contribution in [3.63, 3.8) is 0 Å². The van der Waals surface area contributed by atoms with Gasteiger partial charge in [-0.25, -0.2) is 4.98 Å². The second-order valence-electron chi connectivity index (χ2n) is 6.04. The van der Waals surface area contributed by atoms with Crippen molar-refractivity contribution < 1.29 is 9.21 Å². The Hall–Kier alpha value is -3.48. The topological polar surface area (TPSA) is 85.8 Å². The number of benzene rings is 1. The van der Waals surface area contributed by atoms with Crippen LogP contribution in [0.25, 0.3) is 16.9 Å². The predicted molar refractivity (Wildman–Crippen MR) is 96.0 cm³/mol. The quantitative estimate of drug-likeness (QED) is 0.613. The molecule has 7 nitrogen and oxygen atoms in total. The number of nitrogens with one attached hydrogen (secondary N) is 1. The van der Waals surface area contributed by atoms with E-state index in [4.69, 9.17) is 4.42 Å². The second kappa shape index (κ2) is 6.44. The first-order chi connectivity index (χ1) is 12.6. The van der Waals surface area contributed by atoms with Gasteiger partial charge in [-0.1, -0.05) is 11.3 Å². The van der Waals surface area contributed by atoms with Crippen LogP contribution < -0.4 is 5.32 Å². The highest BCUT2D eigenvalue weighted by Gasteiger charge is 2.13. The summed E-state index contributed by atoms with van der Waals surface area (Å²) in [5.41, 5.74) is 3.64. The van der Waals surface area contributed by atoms with E-state index < -0.39 is 0 Å². The van der Waals surface area contributed by atoms with Crippen LogP contribution in [-0.2, 0) is 6.54 Å². The molecule has 0 aliphatic heterocycles. The van der Waals surface area contributed by atoms with Gasteiger partial charge in [0.25, 0.3) is 5.91 Å². The maximum Gasteiger partial charge on any atom is 0.251 e. The van der Waals surface area contributed by atoms with Crippen molar-refractivity contribution in [1.82, 2.24) is 25.3 Å². The molecule has 0 atom stereocenters. The summed E-state index contributed by atoms with van der Waals surface area (Å²) in [6.07, 6.45) is 1.69. The zero-order valence-electron chi connectivity index (χ0n) is 14.4. The van der Waals surface area contributed by atoms with Gasteiger partial charge in [0, 0.05) is 11.8 Å². The Morgan fingerprint density at radius 1 is 1.19 bits per heavy atom. The standard InChI is InChI=1S/C19H17N5O2/c1-12-5-7-14(19(25)21-11-15-8-6-13(2)26-15)10-17(12)24-18-16(22-23-24)4-3-9-20-18/h3-10H,11H2,1-2H3,(H,21,25). The number of carbonyl (C=O) groups excluding carboxylic acids is 1. The maximum absolute atomic E-state index is 12.5. The van der Waals surface area contributed by atoms with E-state index in [9.17, 15) is 4.79 Å². The number of pyridine rings is 1. The molecular formula is C19H17N5O2. The van der Waals surface area contributed by atoms with Crippen LogP contribution in [0.2, 0.25) is 0 Å². The lowest BCUT2D eigenvalue weighted by Crippen LogP contribution is -2.22. The summed E-state index contributed by atoms with van der Waals surface area (Å²) < 4.78 is 7.12. The highest BCUT2D eigenvalue weighted by Crippen LogP contribution is 2.19. The number of amides is 1. The Kier molecular flexibility index (Phi) is 3.96. The van der Waals surface area contributed by atoms with E-state index in [1.807, 2.05) is 44.2 Å². The lowest BCUT2D eigenvalue weighted by atomic mass is 10.1. The molecule has 0 saturated carbocycles. The third-order valence-corrected chi connectivity index (χ3v) is 4.13. The number of carbonyl (C=O) groups is 1. The molecule has 7 heteroatoms. The first-order valence-corrected chi connectivity index (χ1v) is 8.23. The van der Waals surface area contributed by atoms with Gasteiger partial charge in [0.1, 0.15) is 17.0 Å². The van der Waals surface area contributed by atoms with Crippen LogP contribution in [-0.4, -0.2) is 25.9 Å². The minimum Gasteiger partial charge on any atom is -0.465 e. The third kappa shape index (κ3) is 2.95. The Labute approximate surface area is 149 Å². The van der Waals surface area contributed by atoms with Crippen molar-refractivity contribution in [3.05, 3.63) is 71.3 Å². The van der Waals surface area contributed by atoms with E-state index >= 15 is 0 Å². The molecule has 0 spiro atoms. The number of hydrogen-bond acceptors (Lipinski definition) is 5. The van der Waals surface area contributed by atoms with Crippen molar-refractivity contribution in [2.45, 2.75) is 20.4 Å². The molecule has 0 radical (unpaired) electrons. The average Bonchev–Trinajstić information content (AvgIpc) is 3.26. The van der Waals surface area contributed by atoms with Gasteiger partial charge in [-0.2, -0.15) is 4.68 Å². The van der Waals surface area contributed by atoms with Gasteiger partial charge in [0.2, 0.25) is 0 Å². The smallest absolute Gasteiger partial charge is 0.251 e. The molecule has 1 aromatic carbocycles. The van der Waals surface area contributed by atoms with E-state index in [2.05, 4.69) is 20.6 Å². The first kappa shape index (κ1) is 16.0. The lowest BCUT2D eigenvalue weighted by molar-refractivity contribution is 0.0948. The number of nitrogens with zero attached hydrogens (tertiary/aromatic N) is 4. The van der Waals surface area contributed by atoms with Crippen LogP contribution in [0.1, 0.15) is 27.4 Å². The van der Waals surface area contributed by atoms with E-state index in [1.54, 1.807) is 23.0 Å². The average molecular weight is 347 g/mol. The van der Waals surface area contributed by atoms with E-state index in [1.165, 1.54) is 0 Å². The number of rotatable bonds is 4. The Balaban J connectivity index is 1.62. The van der Waals surface area contributed by atoms with Gasteiger partial charge in [0.05, 0.1) is 12.2 Å². The van der Waals surface area contributed by atoms with Crippen molar-refractivity contribution in [3.8, 4) is 5.69 Å². The van der Waals surface area contributed by atoms with E-state index in [0.717, 1.165) is 22.8 Å². The monoisotopic (exact) mass is 347 g/mol. The Bertz CT molecular complexity index is 1100. The summed E-state index contributed by atoms with van der Waals surface area (Å²) >= 11 is 0. The van der Waals surface area contributed by atoms with Crippen LogP contribution in [0.4, 0.5) is 0 Å². The zero-order valence-corrected chi connectivity index (χ0v) is 14.4. The SMILES string of the molecule is Cc1ccc(CNC(=O)c2ccc(C)c(-n3nnc4cccnc43)c2)o1. The number of fused-ring (bicyclic) bond motifs is 1. The van der Waals surface area contributed by atoms with Crippen molar-refractivity contribution in [1.29, 1.82) is 0 Å². The van der Waals surface area contributed by atoms with Gasteiger partial charge < -0.3 is 9.73 Å². The number of furan rings is 1. The van der Waals surface area contributed by atoms with E-state index in [-0.39, 0.29) is 5.91 Å². The summed E-state index contributed by atoms with van der Waals surface area (Å²) in [6, 6.07) is 12.8. The third-order valence-electron chi connectivity index (χ3n) is 4.13. The molecule has 0 fully saturated rings. The molecule has 1 amide bonds. The molecule has 3 aromatic heterocycles. The predicted octanol–water partition coefficient (Wildman–Crippen LogP) is 2.96. The molecule has 26 heavy (non-hydrogen) atoms. The van der Waals surface area contributed by atoms with E-state index in [0.29, 0.717) is 23.3 Å². The van der Waals surface area contributed by atoms with Crippen molar-refractivity contribution >= 4 is 17.1 Å². The molecule has 4 aromatic rings. The summed E-state index contributed by atoms with van der Waals surface area (Å²) in [4.78, 5) is 16.8. The highest BCUT2D eigenvalue weighted by molar-refractivity contribution is 5.95. The molecule has 1 N–H and O–H groups in total. The van der Waals surface area contributed by atoms with Gasteiger partial charge in [-0.3, -0.25) is 4.79 Å². The van der Waals surface area contributed by atoms with Crippen LogP contribution in [0.5, 0.6) is 0 Å². The van der Waals surface area contributed by atoms with Crippen LogP contribution in [0, 0.1) is 13.8 Å². The molecule has 3 heterocycles. The Morgan fingerprint density at radius 3 is 2.88 bits per heavy atom. The first-order valence-electron chi connectivity index (χ1n) is 8.23. The molecule has 130 valence electrons. The molecule has 0 aliphatic carbocycles. The fourth-order valence-electron chi connectivity index (χ4n) is 2.76. The Morgan fingerprint density at radius 2 is 2.08 bits per heavy atom. The number of aryl methyl sites for hydroxylation is 2. The maximum atomic E-state index is 12.5. The molecule has 0 unspecified atom stereocenters. The second-order valence-corrected chi connectivity index (χ2v) is 6.04.